The first-order chi connectivity index (χ1) is 12.3. The maximum atomic E-state index is 11.8. The molecule has 3 aliphatic rings. The third-order valence-electron chi connectivity index (χ3n) is 5.77. The van der Waals surface area contributed by atoms with Gasteiger partial charge in [-0.1, -0.05) is 6.42 Å². The van der Waals surface area contributed by atoms with E-state index in [1.165, 1.54) is 32.1 Å². The van der Waals surface area contributed by atoms with Crippen LogP contribution in [0.4, 0.5) is 5.82 Å². The van der Waals surface area contributed by atoms with Crippen LogP contribution in [0.3, 0.4) is 0 Å². The van der Waals surface area contributed by atoms with Crippen molar-refractivity contribution in [3.63, 3.8) is 0 Å². The summed E-state index contributed by atoms with van der Waals surface area (Å²) in [6.45, 7) is 3.24. The molecule has 1 aromatic rings. The molecule has 1 amide bonds. The van der Waals surface area contributed by atoms with E-state index in [0.717, 1.165) is 38.3 Å². The van der Waals surface area contributed by atoms with Crippen LogP contribution >= 0.6 is 0 Å². The lowest BCUT2D eigenvalue weighted by Gasteiger charge is -2.40. The van der Waals surface area contributed by atoms with Gasteiger partial charge in [0.1, 0.15) is 12.1 Å². The van der Waals surface area contributed by atoms with Crippen molar-refractivity contribution in [2.24, 2.45) is 0 Å². The average molecular weight is 343 g/mol. The second-order valence-electron chi connectivity index (χ2n) is 7.75. The summed E-state index contributed by atoms with van der Waals surface area (Å²) in [7, 11) is 0. The van der Waals surface area contributed by atoms with Crippen molar-refractivity contribution < 1.29 is 4.79 Å². The second kappa shape index (κ2) is 7.68. The molecule has 1 aromatic heterocycles. The lowest BCUT2D eigenvalue weighted by atomic mass is 10.0. The van der Waals surface area contributed by atoms with Gasteiger partial charge in [-0.2, -0.15) is 0 Å². The number of carbonyl (C=O) groups is 1. The summed E-state index contributed by atoms with van der Waals surface area (Å²) in [4.78, 5) is 25.4. The minimum absolute atomic E-state index is 0.237. The van der Waals surface area contributed by atoms with Gasteiger partial charge in [0, 0.05) is 50.4 Å². The summed E-state index contributed by atoms with van der Waals surface area (Å²) < 4.78 is 0. The summed E-state index contributed by atoms with van der Waals surface area (Å²) in [6, 6.07) is 3.65. The van der Waals surface area contributed by atoms with Gasteiger partial charge in [0.25, 0.3) is 0 Å². The molecule has 2 aliphatic heterocycles. The molecule has 0 radical (unpaired) electrons. The van der Waals surface area contributed by atoms with Gasteiger partial charge in [-0.15, -0.1) is 0 Å². The Balaban J connectivity index is 1.32. The Labute approximate surface area is 150 Å². The molecule has 0 aromatic carbocycles. The predicted molar refractivity (Wildman–Crippen MR) is 97.4 cm³/mol. The lowest BCUT2D eigenvalue weighted by molar-refractivity contribution is -0.121. The molecule has 0 bridgehead atoms. The highest BCUT2D eigenvalue weighted by atomic mass is 16.1. The summed E-state index contributed by atoms with van der Waals surface area (Å²) in [5.41, 5.74) is 0. The number of aromatic nitrogens is 2. The summed E-state index contributed by atoms with van der Waals surface area (Å²) in [6.07, 6.45) is 12.5. The number of nitrogens with one attached hydrogen (secondary N) is 1. The molecule has 1 N–H and O–H groups in total. The predicted octanol–water partition coefficient (Wildman–Crippen LogP) is 1.97. The molecule has 136 valence electrons. The number of carbonyl (C=O) groups excluding carboxylic acids is 1. The summed E-state index contributed by atoms with van der Waals surface area (Å²) in [5, 5.41) is 3.21. The van der Waals surface area contributed by atoms with Crippen molar-refractivity contribution in [3.05, 3.63) is 18.6 Å². The monoisotopic (exact) mass is 343 g/mol. The molecule has 3 heterocycles. The largest absolute Gasteiger partial charge is 0.352 e. The van der Waals surface area contributed by atoms with E-state index < -0.39 is 0 Å². The van der Waals surface area contributed by atoms with Crippen LogP contribution in [0.1, 0.15) is 51.4 Å². The molecule has 1 unspecified atom stereocenters. The fourth-order valence-electron chi connectivity index (χ4n) is 4.34. The molecule has 3 fully saturated rings. The summed E-state index contributed by atoms with van der Waals surface area (Å²) in [5.74, 6) is 1.33. The number of amides is 1. The van der Waals surface area contributed by atoms with Gasteiger partial charge >= 0.3 is 0 Å². The number of piperidine rings is 1. The molecule has 2 saturated heterocycles. The normalized spacial score (nSPS) is 26.1. The van der Waals surface area contributed by atoms with E-state index in [4.69, 9.17) is 0 Å². The van der Waals surface area contributed by atoms with Gasteiger partial charge in [0.15, 0.2) is 0 Å². The van der Waals surface area contributed by atoms with Crippen molar-refractivity contribution in [1.29, 1.82) is 0 Å². The molecule has 4 rings (SSSR count). The molecule has 1 saturated carbocycles. The first-order valence-electron chi connectivity index (χ1n) is 9.85. The van der Waals surface area contributed by atoms with E-state index >= 15 is 0 Å². The molecule has 1 aliphatic carbocycles. The van der Waals surface area contributed by atoms with E-state index in [-0.39, 0.29) is 5.91 Å². The Morgan fingerprint density at radius 2 is 1.92 bits per heavy atom. The molecule has 6 heteroatoms. The maximum Gasteiger partial charge on any atom is 0.220 e. The van der Waals surface area contributed by atoms with E-state index in [2.05, 4.69) is 25.1 Å². The van der Waals surface area contributed by atoms with Crippen LogP contribution in [0.2, 0.25) is 0 Å². The zero-order chi connectivity index (χ0) is 17.1. The van der Waals surface area contributed by atoms with Gasteiger partial charge in [-0.3, -0.25) is 4.79 Å². The molecular formula is C19H29N5O. The van der Waals surface area contributed by atoms with E-state index in [9.17, 15) is 4.79 Å². The fourth-order valence-corrected chi connectivity index (χ4v) is 4.34. The highest BCUT2D eigenvalue weighted by Crippen LogP contribution is 2.35. The topological polar surface area (TPSA) is 61.4 Å². The van der Waals surface area contributed by atoms with Crippen LogP contribution in [0.15, 0.2) is 18.6 Å². The van der Waals surface area contributed by atoms with E-state index in [1.54, 1.807) is 6.33 Å². The van der Waals surface area contributed by atoms with Crippen molar-refractivity contribution in [2.75, 3.05) is 24.5 Å². The Kier molecular flexibility index (Phi) is 5.15. The van der Waals surface area contributed by atoms with Crippen LogP contribution in [0.25, 0.3) is 0 Å². The Bertz CT molecular complexity index is 568. The van der Waals surface area contributed by atoms with Crippen LogP contribution in [0, 0.1) is 0 Å². The first kappa shape index (κ1) is 16.8. The SMILES string of the molecule is O=C1CCCCC(CN2CCC(N(c3ccncn3)C3CC3)CC2)N1. The molecule has 6 nitrogen and oxygen atoms in total. The van der Waals surface area contributed by atoms with Gasteiger partial charge in [0.2, 0.25) is 5.91 Å². The first-order valence-corrected chi connectivity index (χ1v) is 9.85. The molecule has 1 atom stereocenters. The van der Waals surface area contributed by atoms with Crippen LogP contribution in [-0.2, 0) is 4.79 Å². The third kappa shape index (κ3) is 4.29. The number of likely N-dealkylation sites (tertiary alicyclic amines) is 1. The van der Waals surface area contributed by atoms with Crippen LogP contribution in [0.5, 0.6) is 0 Å². The minimum Gasteiger partial charge on any atom is -0.352 e. The van der Waals surface area contributed by atoms with Crippen LogP contribution < -0.4 is 10.2 Å². The van der Waals surface area contributed by atoms with Crippen molar-refractivity contribution in [1.82, 2.24) is 20.2 Å². The number of hydrogen-bond donors (Lipinski definition) is 1. The van der Waals surface area contributed by atoms with Gasteiger partial charge in [0.05, 0.1) is 0 Å². The van der Waals surface area contributed by atoms with Gasteiger partial charge < -0.3 is 15.1 Å². The summed E-state index contributed by atoms with van der Waals surface area (Å²) >= 11 is 0. The lowest BCUT2D eigenvalue weighted by Crippen LogP contribution is -2.50. The quantitative estimate of drug-likeness (QED) is 0.886. The average Bonchev–Trinajstić information content (AvgIpc) is 3.47. The number of hydrogen-bond acceptors (Lipinski definition) is 5. The smallest absolute Gasteiger partial charge is 0.220 e. The molecule has 0 spiro atoms. The third-order valence-corrected chi connectivity index (χ3v) is 5.77. The van der Waals surface area contributed by atoms with Gasteiger partial charge in [-0.05, 0) is 44.6 Å². The van der Waals surface area contributed by atoms with Crippen molar-refractivity contribution in [3.8, 4) is 0 Å². The number of rotatable bonds is 5. The fraction of sp³-hybridized carbons (Fsp3) is 0.737. The Morgan fingerprint density at radius 1 is 1.12 bits per heavy atom. The van der Waals surface area contributed by atoms with Gasteiger partial charge in [-0.25, -0.2) is 9.97 Å². The zero-order valence-electron chi connectivity index (χ0n) is 14.9. The van der Waals surface area contributed by atoms with Crippen molar-refractivity contribution >= 4 is 11.7 Å². The molecule has 25 heavy (non-hydrogen) atoms. The van der Waals surface area contributed by atoms with Crippen molar-refractivity contribution in [2.45, 2.75) is 69.5 Å². The maximum absolute atomic E-state index is 11.8. The van der Waals surface area contributed by atoms with Crippen LogP contribution in [-0.4, -0.2) is 58.5 Å². The number of anilines is 1. The second-order valence-corrected chi connectivity index (χ2v) is 7.75. The minimum atomic E-state index is 0.237. The standard InChI is InChI=1S/C19H29N5O/c25-19-4-2-1-3-15(22-19)13-23-11-8-17(9-12-23)24(16-5-6-16)18-7-10-20-14-21-18/h7,10,14-17H,1-6,8-9,11-13H2,(H,22,25). The molecular weight excluding hydrogens is 314 g/mol. The van der Waals surface area contributed by atoms with E-state index in [0.29, 0.717) is 24.5 Å². The Morgan fingerprint density at radius 3 is 2.64 bits per heavy atom. The number of nitrogens with zero attached hydrogens (tertiary/aromatic N) is 4. The highest BCUT2D eigenvalue weighted by molar-refractivity contribution is 5.76. The zero-order valence-corrected chi connectivity index (χ0v) is 14.9. The Hall–Kier alpha value is -1.69. The highest BCUT2D eigenvalue weighted by Gasteiger charge is 2.36. The van der Waals surface area contributed by atoms with E-state index in [1.807, 2.05) is 12.3 Å².